The van der Waals surface area contributed by atoms with Crippen molar-refractivity contribution in [3.05, 3.63) is 29.8 Å². The molecule has 1 N–H and O–H groups in total. The predicted molar refractivity (Wildman–Crippen MR) is 78.0 cm³/mol. The maximum atomic E-state index is 11.4. The molecule has 110 valence electrons. The van der Waals surface area contributed by atoms with E-state index in [0.717, 1.165) is 12.2 Å². The highest BCUT2D eigenvalue weighted by Gasteiger charge is 2.31. The number of esters is 1. The van der Waals surface area contributed by atoms with Crippen molar-refractivity contribution >= 4 is 5.97 Å². The number of ether oxygens (including phenoxy) is 2. The molecule has 1 heterocycles. The average Bonchev–Trinajstić information content (AvgIpc) is 2.95. The van der Waals surface area contributed by atoms with E-state index in [1.807, 2.05) is 12.1 Å². The normalized spacial score (nSPS) is 23.4. The van der Waals surface area contributed by atoms with Gasteiger partial charge in [0.15, 0.2) is 0 Å². The summed E-state index contributed by atoms with van der Waals surface area (Å²) in [7, 11) is 1.41. The second kappa shape index (κ2) is 6.75. The van der Waals surface area contributed by atoms with Crippen LogP contribution in [0.25, 0.3) is 0 Å². The molecule has 4 nitrogen and oxygen atoms in total. The van der Waals surface area contributed by atoms with Gasteiger partial charge in [-0.2, -0.15) is 0 Å². The summed E-state index contributed by atoms with van der Waals surface area (Å²) in [6.45, 7) is 5.08. The minimum Gasteiger partial charge on any atom is -0.489 e. The monoisotopic (exact) mass is 277 g/mol. The first kappa shape index (κ1) is 14.9. The second-order valence-corrected chi connectivity index (χ2v) is 5.34. The molecule has 0 amide bonds. The average molecular weight is 277 g/mol. The number of hydrogen-bond acceptors (Lipinski definition) is 4. The standard InChI is InChI=1S/C16H23NO3/c1-4-11(2)12-5-7-13(8-6-12)20-14-9-15(17-10-14)16(18)19-3/h5-8,11,14-15,17H,4,9-10H2,1-3H3/t11-,14+,15+/m1/s1. The van der Waals surface area contributed by atoms with Gasteiger partial charge in [-0.3, -0.25) is 4.79 Å². The van der Waals surface area contributed by atoms with Crippen LogP contribution < -0.4 is 10.1 Å². The Kier molecular flexibility index (Phi) is 5.01. The Morgan fingerprint density at radius 3 is 2.70 bits per heavy atom. The zero-order valence-corrected chi connectivity index (χ0v) is 12.4. The smallest absolute Gasteiger partial charge is 0.323 e. The highest BCUT2D eigenvalue weighted by molar-refractivity contribution is 5.76. The van der Waals surface area contributed by atoms with E-state index >= 15 is 0 Å². The Morgan fingerprint density at radius 2 is 2.10 bits per heavy atom. The first-order valence-electron chi connectivity index (χ1n) is 7.21. The molecule has 0 aliphatic carbocycles. The van der Waals surface area contributed by atoms with Gasteiger partial charge in [-0.15, -0.1) is 0 Å². The Balaban J connectivity index is 1.90. The van der Waals surface area contributed by atoms with Crippen LogP contribution in [-0.4, -0.2) is 31.8 Å². The summed E-state index contributed by atoms with van der Waals surface area (Å²) in [5, 5.41) is 3.12. The second-order valence-electron chi connectivity index (χ2n) is 5.34. The maximum Gasteiger partial charge on any atom is 0.323 e. The third kappa shape index (κ3) is 3.51. The zero-order chi connectivity index (χ0) is 14.5. The molecule has 1 aromatic rings. The van der Waals surface area contributed by atoms with Crippen molar-refractivity contribution in [3.63, 3.8) is 0 Å². The molecule has 1 saturated heterocycles. The Labute approximate surface area is 120 Å². The van der Waals surface area contributed by atoms with Crippen molar-refractivity contribution in [1.29, 1.82) is 0 Å². The van der Waals surface area contributed by atoms with Gasteiger partial charge in [-0.25, -0.2) is 0 Å². The first-order valence-corrected chi connectivity index (χ1v) is 7.21. The Morgan fingerprint density at radius 1 is 1.40 bits per heavy atom. The fourth-order valence-corrected chi connectivity index (χ4v) is 2.42. The van der Waals surface area contributed by atoms with Crippen LogP contribution in [0.3, 0.4) is 0 Å². The molecule has 0 bridgehead atoms. The van der Waals surface area contributed by atoms with Gasteiger partial charge in [0.05, 0.1) is 7.11 Å². The summed E-state index contributed by atoms with van der Waals surface area (Å²) in [5.74, 6) is 1.21. The summed E-state index contributed by atoms with van der Waals surface area (Å²) >= 11 is 0. The molecular weight excluding hydrogens is 254 g/mol. The van der Waals surface area contributed by atoms with E-state index in [1.165, 1.54) is 12.7 Å². The number of rotatable bonds is 5. The van der Waals surface area contributed by atoms with Gasteiger partial charge in [0, 0.05) is 13.0 Å². The third-order valence-corrected chi connectivity index (χ3v) is 3.94. The van der Waals surface area contributed by atoms with Crippen LogP contribution in [0.2, 0.25) is 0 Å². The molecule has 1 aliphatic heterocycles. The molecule has 0 saturated carbocycles. The van der Waals surface area contributed by atoms with E-state index in [2.05, 4.69) is 31.3 Å². The third-order valence-electron chi connectivity index (χ3n) is 3.94. The number of hydrogen-bond donors (Lipinski definition) is 1. The van der Waals surface area contributed by atoms with Crippen LogP contribution in [0.1, 0.15) is 38.2 Å². The van der Waals surface area contributed by atoms with Gasteiger partial charge in [-0.05, 0) is 30.0 Å². The van der Waals surface area contributed by atoms with Gasteiger partial charge in [0.25, 0.3) is 0 Å². The van der Waals surface area contributed by atoms with Crippen LogP contribution in [0.5, 0.6) is 5.75 Å². The van der Waals surface area contributed by atoms with E-state index in [9.17, 15) is 4.79 Å². The lowest BCUT2D eigenvalue weighted by Crippen LogP contribution is -2.31. The van der Waals surface area contributed by atoms with E-state index in [-0.39, 0.29) is 18.1 Å². The molecule has 0 aromatic heterocycles. The molecule has 3 atom stereocenters. The molecule has 0 spiro atoms. The van der Waals surface area contributed by atoms with Gasteiger partial charge in [-0.1, -0.05) is 26.0 Å². The predicted octanol–water partition coefficient (Wildman–Crippen LogP) is 2.48. The van der Waals surface area contributed by atoms with Crippen molar-refractivity contribution in [3.8, 4) is 5.75 Å². The minimum atomic E-state index is -0.246. The molecule has 4 heteroatoms. The molecule has 1 aromatic carbocycles. The molecule has 0 radical (unpaired) electrons. The van der Waals surface area contributed by atoms with Crippen LogP contribution >= 0.6 is 0 Å². The van der Waals surface area contributed by atoms with Gasteiger partial charge in [0.1, 0.15) is 17.9 Å². The van der Waals surface area contributed by atoms with Crippen LogP contribution in [0, 0.1) is 0 Å². The highest BCUT2D eigenvalue weighted by atomic mass is 16.5. The highest BCUT2D eigenvalue weighted by Crippen LogP contribution is 2.23. The molecular formula is C16H23NO3. The summed E-state index contributed by atoms with van der Waals surface area (Å²) in [4.78, 5) is 11.4. The fraction of sp³-hybridized carbons (Fsp3) is 0.562. The summed E-state index contributed by atoms with van der Waals surface area (Å²) in [6.07, 6.45) is 1.81. The van der Waals surface area contributed by atoms with Crippen molar-refractivity contribution in [2.24, 2.45) is 0 Å². The summed E-state index contributed by atoms with van der Waals surface area (Å²) in [6, 6.07) is 8.00. The summed E-state index contributed by atoms with van der Waals surface area (Å²) in [5.41, 5.74) is 1.33. The number of carbonyl (C=O) groups excluding carboxylic acids is 1. The van der Waals surface area contributed by atoms with Crippen molar-refractivity contribution in [2.45, 2.75) is 44.8 Å². The molecule has 0 unspecified atom stereocenters. The lowest BCUT2D eigenvalue weighted by Gasteiger charge is -2.14. The Bertz CT molecular complexity index is 444. The number of nitrogens with one attached hydrogen (secondary N) is 1. The van der Waals surface area contributed by atoms with Gasteiger partial charge >= 0.3 is 5.97 Å². The van der Waals surface area contributed by atoms with E-state index in [4.69, 9.17) is 9.47 Å². The van der Waals surface area contributed by atoms with Gasteiger partial charge in [0.2, 0.25) is 0 Å². The zero-order valence-electron chi connectivity index (χ0n) is 12.4. The maximum absolute atomic E-state index is 11.4. The fourth-order valence-electron chi connectivity index (χ4n) is 2.42. The lowest BCUT2D eigenvalue weighted by molar-refractivity contribution is -0.142. The first-order chi connectivity index (χ1) is 9.63. The molecule has 20 heavy (non-hydrogen) atoms. The van der Waals surface area contributed by atoms with Crippen molar-refractivity contribution in [2.75, 3.05) is 13.7 Å². The summed E-state index contributed by atoms with van der Waals surface area (Å²) < 4.78 is 10.6. The number of benzene rings is 1. The topological polar surface area (TPSA) is 47.6 Å². The molecule has 1 aliphatic rings. The number of methoxy groups -OCH3 is 1. The minimum absolute atomic E-state index is 0.0218. The van der Waals surface area contributed by atoms with E-state index in [0.29, 0.717) is 18.9 Å². The Hall–Kier alpha value is -1.55. The molecule has 2 rings (SSSR count). The van der Waals surface area contributed by atoms with E-state index < -0.39 is 0 Å². The van der Waals surface area contributed by atoms with Crippen LogP contribution in [0.15, 0.2) is 24.3 Å². The SMILES string of the molecule is CC[C@@H](C)c1ccc(O[C@@H]2CN[C@H](C(=O)OC)C2)cc1. The van der Waals surface area contributed by atoms with E-state index in [1.54, 1.807) is 0 Å². The van der Waals surface area contributed by atoms with Crippen molar-refractivity contribution < 1.29 is 14.3 Å². The number of carbonyl (C=O) groups is 1. The van der Waals surface area contributed by atoms with Crippen LogP contribution in [0.4, 0.5) is 0 Å². The lowest BCUT2D eigenvalue weighted by atomic mass is 9.99. The van der Waals surface area contributed by atoms with Gasteiger partial charge < -0.3 is 14.8 Å². The van der Waals surface area contributed by atoms with Crippen molar-refractivity contribution in [1.82, 2.24) is 5.32 Å². The quantitative estimate of drug-likeness (QED) is 0.840. The largest absolute Gasteiger partial charge is 0.489 e. The molecule has 1 fully saturated rings. The van der Waals surface area contributed by atoms with Crippen LogP contribution in [-0.2, 0) is 9.53 Å².